The van der Waals surface area contributed by atoms with Gasteiger partial charge >= 0.3 is 0 Å². The molecule has 2 amide bonds. The summed E-state index contributed by atoms with van der Waals surface area (Å²) < 4.78 is 0. The summed E-state index contributed by atoms with van der Waals surface area (Å²) in [6, 6.07) is 7.74. The van der Waals surface area contributed by atoms with Crippen molar-refractivity contribution in [3.63, 3.8) is 0 Å². The Bertz CT molecular complexity index is 510. The van der Waals surface area contributed by atoms with Crippen molar-refractivity contribution in [2.75, 3.05) is 25.0 Å². The molecule has 0 saturated carbocycles. The number of anilines is 1. The van der Waals surface area contributed by atoms with E-state index in [1.54, 1.807) is 0 Å². The third kappa shape index (κ3) is 4.56. The van der Waals surface area contributed by atoms with Crippen LogP contribution in [0, 0.1) is 0 Å². The Kier molecular flexibility index (Phi) is 5.33. The summed E-state index contributed by atoms with van der Waals surface area (Å²) in [5.74, 6) is 0.0781. The first-order valence-corrected chi connectivity index (χ1v) is 7.45. The number of carbonyl (C=O) groups is 2. The minimum absolute atomic E-state index is 0.0604. The molecule has 0 radical (unpaired) electrons. The largest absolute Gasteiger partial charge is 0.342 e. The highest BCUT2D eigenvalue weighted by Gasteiger charge is 2.18. The molecule has 0 spiro atoms. The van der Waals surface area contributed by atoms with Crippen LogP contribution in [0.5, 0.6) is 0 Å². The Morgan fingerprint density at radius 1 is 1.29 bits per heavy atom. The van der Waals surface area contributed by atoms with Gasteiger partial charge < -0.3 is 15.5 Å². The zero-order chi connectivity index (χ0) is 15.2. The fourth-order valence-electron chi connectivity index (χ4n) is 2.53. The maximum Gasteiger partial charge on any atom is 0.236 e. The number of hydrogen-bond acceptors (Lipinski definition) is 3. The molecule has 1 aliphatic heterocycles. The monoisotopic (exact) mass is 289 g/mol. The Morgan fingerprint density at radius 2 is 2.00 bits per heavy atom. The molecule has 5 nitrogen and oxygen atoms in total. The fraction of sp³-hybridized carbons (Fsp3) is 0.500. The van der Waals surface area contributed by atoms with Crippen molar-refractivity contribution in [1.82, 2.24) is 10.2 Å². The molecule has 2 N–H and O–H groups in total. The van der Waals surface area contributed by atoms with Gasteiger partial charge in [-0.25, -0.2) is 0 Å². The molecule has 1 aliphatic rings. The quantitative estimate of drug-likeness (QED) is 0.870. The van der Waals surface area contributed by atoms with E-state index in [1.165, 1.54) is 6.92 Å². The van der Waals surface area contributed by atoms with E-state index in [0.717, 1.165) is 37.2 Å². The molecule has 1 unspecified atom stereocenters. The molecule has 21 heavy (non-hydrogen) atoms. The van der Waals surface area contributed by atoms with E-state index < -0.39 is 0 Å². The van der Waals surface area contributed by atoms with E-state index in [4.69, 9.17) is 0 Å². The lowest BCUT2D eigenvalue weighted by atomic mass is 10.1. The van der Waals surface area contributed by atoms with Crippen LogP contribution in [0.15, 0.2) is 24.3 Å². The Labute approximate surface area is 125 Å². The molecular weight excluding hydrogens is 266 g/mol. The van der Waals surface area contributed by atoms with Crippen LogP contribution in [-0.4, -0.2) is 36.3 Å². The Hall–Kier alpha value is -1.88. The average molecular weight is 289 g/mol. The van der Waals surface area contributed by atoms with Gasteiger partial charge in [-0.3, -0.25) is 9.59 Å². The van der Waals surface area contributed by atoms with Gasteiger partial charge in [-0.15, -0.1) is 0 Å². The fourth-order valence-corrected chi connectivity index (χ4v) is 2.53. The van der Waals surface area contributed by atoms with E-state index in [0.29, 0.717) is 6.54 Å². The van der Waals surface area contributed by atoms with Crippen LogP contribution >= 0.6 is 0 Å². The van der Waals surface area contributed by atoms with Gasteiger partial charge in [0.1, 0.15) is 0 Å². The summed E-state index contributed by atoms with van der Waals surface area (Å²) in [6.45, 7) is 5.62. The van der Waals surface area contributed by atoms with E-state index >= 15 is 0 Å². The zero-order valence-corrected chi connectivity index (χ0v) is 12.7. The molecule has 2 rings (SSSR count). The summed E-state index contributed by atoms with van der Waals surface area (Å²) in [4.78, 5) is 25.0. The van der Waals surface area contributed by atoms with Gasteiger partial charge in [0.2, 0.25) is 11.8 Å². The van der Waals surface area contributed by atoms with Gasteiger partial charge in [0, 0.05) is 31.7 Å². The van der Waals surface area contributed by atoms with Crippen molar-refractivity contribution in [2.45, 2.75) is 32.7 Å². The molecule has 0 aromatic heterocycles. The zero-order valence-electron chi connectivity index (χ0n) is 12.7. The molecule has 1 atom stereocenters. The van der Waals surface area contributed by atoms with Crippen molar-refractivity contribution >= 4 is 17.5 Å². The lowest BCUT2D eigenvalue weighted by molar-refractivity contribution is -0.129. The van der Waals surface area contributed by atoms with E-state index in [2.05, 4.69) is 10.6 Å². The molecule has 1 fully saturated rings. The van der Waals surface area contributed by atoms with Crippen molar-refractivity contribution in [2.24, 2.45) is 0 Å². The van der Waals surface area contributed by atoms with Crippen molar-refractivity contribution in [3.05, 3.63) is 29.8 Å². The molecular formula is C16H23N3O2. The topological polar surface area (TPSA) is 61.4 Å². The van der Waals surface area contributed by atoms with Gasteiger partial charge in [-0.05, 0) is 37.5 Å². The van der Waals surface area contributed by atoms with E-state index in [1.807, 2.05) is 36.1 Å². The van der Waals surface area contributed by atoms with Crippen LogP contribution in [-0.2, 0) is 9.59 Å². The van der Waals surface area contributed by atoms with Crippen LogP contribution in [0.4, 0.5) is 5.69 Å². The molecule has 0 bridgehead atoms. The van der Waals surface area contributed by atoms with E-state index in [9.17, 15) is 9.59 Å². The van der Waals surface area contributed by atoms with Crippen LogP contribution < -0.4 is 10.6 Å². The molecule has 0 aliphatic carbocycles. The summed E-state index contributed by atoms with van der Waals surface area (Å²) in [7, 11) is 0. The summed E-state index contributed by atoms with van der Waals surface area (Å²) in [5, 5.41) is 6.02. The second-order valence-electron chi connectivity index (χ2n) is 5.50. The van der Waals surface area contributed by atoms with E-state index in [-0.39, 0.29) is 17.9 Å². The smallest absolute Gasteiger partial charge is 0.236 e. The van der Waals surface area contributed by atoms with Gasteiger partial charge in [-0.2, -0.15) is 0 Å². The number of nitrogens with one attached hydrogen (secondary N) is 2. The van der Waals surface area contributed by atoms with Gasteiger partial charge in [0.25, 0.3) is 0 Å². The predicted octanol–water partition coefficient (Wildman–Crippen LogP) is 1.92. The summed E-state index contributed by atoms with van der Waals surface area (Å²) >= 11 is 0. The predicted molar refractivity (Wildman–Crippen MR) is 83.0 cm³/mol. The first-order chi connectivity index (χ1) is 10.1. The van der Waals surface area contributed by atoms with Gasteiger partial charge in [0.15, 0.2) is 0 Å². The molecule has 1 heterocycles. The average Bonchev–Trinajstić information content (AvgIpc) is 2.98. The number of likely N-dealkylation sites (tertiary alicyclic amines) is 1. The maximum absolute atomic E-state index is 12.0. The first-order valence-electron chi connectivity index (χ1n) is 7.45. The van der Waals surface area contributed by atoms with Crippen molar-refractivity contribution in [3.8, 4) is 0 Å². The van der Waals surface area contributed by atoms with Crippen LogP contribution in [0.3, 0.4) is 0 Å². The Balaban J connectivity index is 1.88. The summed E-state index contributed by atoms with van der Waals surface area (Å²) in [5.41, 5.74) is 1.83. The third-order valence-corrected chi connectivity index (χ3v) is 3.73. The first kappa shape index (κ1) is 15.5. The van der Waals surface area contributed by atoms with Crippen molar-refractivity contribution < 1.29 is 9.59 Å². The number of nitrogens with zero attached hydrogens (tertiary/aromatic N) is 1. The highest BCUT2D eigenvalue weighted by Crippen LogP contribution is 2.17. The lowest BCUT2D eigenvalue weighted by Crippen LogP contribution is -2.37. The SMILES string of the molecule is CC(=O)Nc1cccc(C(C)NCC(=O)N2CCCC2)c1. The number of rotatable bonds is 5. The van der Waals surface area contributed by atoms with Crippen LogP contribution in [0.25, 0.3) is 0 Å². The minimum Gasteiger partial charge on any atom is -0.342 e. The lowest BCUT2D eigenvalue weighted by Gasteiger charge is -2.19. The maximum atomic E-state index is 12.0. The molecule has 1 saturated heterocycles. The second-order valence-corrected chi connectivity index (χ2v) is 5.50. The van der Waals surface area contributed by atoms with Gasteiger partial charge in [0.05, 0.1) is 6.54 Å². The number of amides is 2. The molecule has 5 heteroatoms. The van der Waals surface area contributed by atoms with Crippen LogP contribution in [0.2, 0.25) is 0 Å². The normalized spacial score (nSPS) is 15.8. The third-order valence-electron chi connectivity index (χ3n) is 3.73. The molecule has 1 aromatic carbocycles. The van der Waals surface area contributed by atoms with Crippen LogP contribution in [0.1, 0.15) is 38.3 Å². The van der Waals surface area contributed by atoms with Crippen molar-refractivity contribution in [1.29, 1.82) is 0 Å². The second kappa shape index (κ2) is 7.22. The number of benzene rings is 1. The minimum atomic E-state index is -0.0861. The molecule has 1 aromatic rings. The molecule has 114 valence electrons. The Morgan fingerprint density at radius 3 is 2.67 bits per heavy atom. The highest BCUT2D eigenvalue weighted by atomic mass is 16.2. The highest BCUT2D eigenvalue weighted by molar-refractivity contribution is 5.88. The summed E-state index contributed by atoms with van der Waals surface area (Å²) in [6.07, 6.45) is 2.22. The number of hydrogen-bond donors (Lipinski definition) is 2. The van der Waals surface area contributed by atoms with Gasteiger partial charge in [-0.1, -0.05) is 12.1 Å². The standard InChI is InChI=1S/C16H23N3O2/c1-12(17-11-16(21)19-8-3-4-9-19)14-6-5-7-15(10-14)18-13(2)20/h5-7,10,12,17H,3-4,8-9,11H2,1-2H3,(H,18,20). The number of carbonyl (C=O) groups excluding carboxylic acids is 2.